The number of hydrogen-bond acceptors (Lipinski definition) is 6. The van der Waals surface area contributed by atoms with Gasteiger partial charge in [-0.2, -0.15) is 0 Å². The zero-order chi connectivity index (χ0) is 19.7. The van der Waals surface area contributed by atoms with E-state index in [-0.39, 0.29) is 11.9 Å². The highest BCUT2D eigenvalue weighted by Gasteiger charge is 2.26. The van der Waals surface area contributed by atoms with Crippen molar-refractivity contribution < 1.29 is 18.4 Å². The summed E-state index contributed by atoms with van der Waals surface area (Å²) in [5.74, 6) is 1.88. The molecule has 0 amide bonds. The van der Waals surface area contributed by atoms with Gasteiger partial charge in [-0.1, -0.05) is 0 Å². The molecule has 0 spiro atoms. The molecule has 0 fully saturated rings. The second-order valence-corrected chi connectivity index (χ2v) is 8.19. The summed E-state index contributed by atoms with van der Waals surface area (Å²) in [6.07, 6.45) is 3.63. The predicted octanol–water partition coefficient (Wildman–Crippen LogP) is 2.92. The first-order valence-corrected chi connectivity index (χ1v) is 10.5. The third-order valence-corrected chi connectivity index (χ3v) is 6.13. The van der Waals surface area contributed by atoms with Gasteiger partial charge in [0.25, 0.3) is 0 Å². The van der Waals surface area contributed by atoms with Gasteiger partial charge in [-0.25, -0.2) is 4.98 Å². The first-order valence-electron chi connectivity index (χ1n) is 9.14. The lowest BCUT2D eigenvalue weighted by molar-refractivity contribution is 0.138. The van der Waals surface area contributed by atoms with E-state index in [2.05, 4.69) is 15.0 Å². The van der Waals surface area contributed by atoms with Gasteiger partial charge in [0.1, 0.15) is 17.6 Å². The summed E-state index contributed by atoms with van der Waals surface area (Å²) >= 11 is 0. The van der Waals surface area contributed by atoms with E-state index in [9.17, 15) is 4.21 Å². The second-order valence-electron chi connectivity index (χ2n) is 6.82. The number of benzene rings is 1. The van der Waals surface area contributed by atoms with E-state index in [0.717, 1.165) is 52.2 Å². The molecule has 4 rings (SSSR count). The zero-order valence-electron chi connectivity index (χ0n) is 16.2. The Hall–Kier alpha value is -2.45. The highest BCUT2D eigenvalue weighted by molar-refractivity contribution is 7.84. The molecule has 28 heavy (non-hydrogen) atoms. The minimum Gasteiger partial charge on any atom is -0.497 e. The number of methoxy groups -OCH3 is 2. The van der Waals surface area contributed by atoms with Crippen LogP contribution in [0.3, 0.4) is 0 Å². The number of H-pyrrole nitrogens is 1. The fourth-order valence-electron chi connectivity index (χ4n) is 3.39. The lowest BCUT2D eigenvalue weighted by Gasteiger charge is -2.12. The molecule has 0 saturated carbocycles. The van der Waals surface area contributed by atoms with Crippen molar-refractivity contribution in [2.45, 2.75) is 36.8 Å². The third-order valence-electron chi connectivity index (χ3n) is 4.97. The lowest BCUT2D eigenvalue weighted by Crippen LogP contribution is -2.15. The maximum Gasteiger partial charge on any atom is 0.197 e. The Morgan fingerprint density at radius 1 is 1.36 bits per heavy atom. The molecule has 0 saturated heterocycles. The Kier molecular flexibility index (Phi) is 5.32. The molecule has 1 N–H and O–H groups in total. The fraction of sp³-hybridized carbons (Fsp3) is 0.400. The summed E-state index contributed by atoms with van der Waals surface area (Å²) in [4.78, 5) is 12.1. The molecule has 1 aliphatic rings. The van der Waals surface area contributed by atoms with E-state index in [1.54, 1.807) is 14.2 Å². The van der Waals surface area contributed by atoms with Gasteiger partial charge in [0, 0.05) is 49.9 Å². The maximum absolute atomic E-state index is 12.9. The number of hydrogen-bond donors (Lipinski definition) is 1. The second kappa shape index (κ2) is 7.89. The molecule has 1 aromatic carbocycles. The van der Waals surface area contributed by atoms with Gasteiger partial charge < -0.3 is 19.2 Å². The van der Waals surface area contributed by atoms with Crippen molar-refractivity contribution in [3.8, 4) is 11.5 Å². The van der Waals surface area contributed by atoms with Crippen LogP contribution in [0, 0.1) is 6.92 Å². The summed E-state index contributed by atoms with van der Waals surface area (Å²) in [6, 6.07) is 5.52. The zero-order valence-corrected chi connectivity index (χ0v) is 17.0. The fourth-order valence-corrected chi connectivity index (χ4v) is 4.49. The lowest BCUT2D eigenvalue weighted by atomic mass is 10.1. The topological polar surface area (TPSA) is 86.3 Å². The molecule has 0 radical (unpaired) electrons. The van der Waals surface area contributed by atoms with E-state index in [0.29, 0.717) is 11.8 Å². The van der Waals surface area contributed by atoms with Crippen LogP contribution >= 0.6 is 0 Å². The highest BCUT2D eigenvalue weighted by Crippen LogP contribution is 2.34. The van der Waals surface area contributed by atoms with E-state index >= 15 is 0 Å². The number of nitrogens with one attached hydrogen (secondary N) is 1. The Morgan fingerprint density at radius 3 is 3.00 bits per heavy atom. The quantitative estimate of drug-likeness (QED) is 0.655. The number of aromatic amines is 1. The van der Waals surface area contributed by atoms with Crippen molar-refractivity contribution in [1.29, 1.82) is 0 Å². The van der Waals surface area contributed by atoms with Crippen LogP contribution in [0.4, 0.5) is 0 Å². The Labute approximate surface area is 165 Å². The van der Waals surface area contributed by atoms with Gasteiger partial charge in [0.05, 0.1) is 40.4 Å². The molecule has 3 aromatic rings. The molecule has 8 heteroatoms. The first kappa shape index (κ1) is 18.9. The van der Waals surface area contributed by atoms with E-state index in [4.69, 9.17) is 14.2 Å². The average molecular weight is 401 g/mol. The van der Waals surface area contributed by atoms with Gasteiger partial charge in [0.2, 0.25) is 0 Å². The summed E-state index contributed by atoms with van der Waals surface area (Å²) in [5, 5.41) is 0.434. The van der Waals surface area contributed by atoms with Crippen molar-refractivity contribution in [2.75, 3.05) is 20.8 Å². The van der Waals surface area contributed by atoms with Crippen LogP contribution in [0.1, 0.15) is 23.2 Å². The maximum atomic E-state index is 12.9. The van der Waals surface area contributed by atoms with Crippen molar-refractivity contribution in [3.63, 3.8) is 0 Å². The minimum atomic E-state index is -1.34. The number of imidazole rings is 1. The van der Waals surface area contributed by atoms with Crippen molar-refractivity contribution in [2.24, 2.45) is 0 Å². The first-order chi connectivity index (χ1) is 13.6. The van der Waals surface area contributed by atoms with Gasteiger partial charge in [0.15, 0.2) is 5.16 Å². The van der Waals surface area contributed by atoms with Crippen LogP contribution in [0.15, 0.2) is 29.6 Å². The number of fused-ring (bicyclic) bond motifs is 2. The van der Waals surface area contributed by atoms with Crippen LogP contribution in [0.2, 0.25) is 0 Å². The van der Waals surface area contributed by atoms with Crippen LogP contribution < -0.4 is 9.47 Å². The summed E-state index contributed by atoms with van der Waals surface area (Å²) in [7, 11) is 1.96. The number of rotatable bonds is 7. The average Bonchev–Trinajstić information content (AvgIpc) is 3.32. The van der Waals surface area contributed by atoms with E-state index in [1.165, 1.54) is 0 Å². The largest absolute Gasteiger partial charge is 0.497 e. The summed E-state index contributed by atoms with van der Waals surface area (Å²) < 4.78 is 29.3. The van der Waals surface area contributed by atoms with Crippen LogP contribution in [-0.2, 0) is 27.7 Å². The number of nitrogens with zero attached hydrogens (tertiary/aromatic N) is 2. The van der Waals surface area contributed by atoms with Gasteiger partial charge in [-0.3, -0.25) is 9.19 Å². The van der Waals surface area contributed by atoms with Crippen molar-refractivity contribution >= 4 is 21.8 Å². The molecule has 0 bridgehead atoms. The standard InChI is InChI=1S/C20H23N3O4S/c1-12-18(21-10-13-8-15(6-7-25-2)27-19(12)13)11-28(24)20-22-16-5-4-14(26-3)9-17(16)23-20/h4-5,9-10,15H,6-8,11H2,1-3H3,(H,22,23). The Balaban J connectivity index is 1.53. The Morgan fingerprint density at radius 2 is 2.21 bits per heavy atom. The molecule has 0 aliphatic carbocycles. The van der Waals surface area contributed by atoms with E-state index < -0.39 is 10.8 Å². The predicted molar refractivity (Wildman–Crippen MR) is 106 cm³/mol. The molecular weight excluding hydrogens is 378 g/mol. The number of ether oxygens (including phenoxy) is 3. The molecule has 1 aliphatic heterocycles. The van der Waals surface area contributed by atoms with Gasteiger partial charge in [-0.05, 0) is 19.1 Å². The van der Waals surface area contributed by atoms with Crippen molar-refractivity contribution in [3.05, 3.63) is 41.2 Å². The molecular formula is C20H23N3O4S. The molecule has 2 unspecified atom stereocenters. The molecule has 2 atom stereocenters. The van der Waals surface area contributed by atoms with E-state index in [1.807, 2.05) is 31.3 Å². The van der Waals surface area contributed by atoms with Crippen LogP contribution in [0.25, 0.3) is 11.0 Å². The summed E-state index contributed by atoms with van der Waals surface area (Å²) in [5.41, 5.74) is 4.37. The van der Waals surface area contributed by atoms with Crippen LogP contribution in [0.5, 0.6) is 11.5 Å². The van der Waals surface area contributed by atoms with Gasteiger partial charge >= 0.3 is 0 Å². The van der Waals surface area contributed by atoms with Crippen molar-refractivity contribution in [1.82, 2.24) is 15.0 Å². The monoisotopic (exact) mass is 401 g/mol. The smallest absolute Gasteiger partial charge is 0.197 e. The molecule has 148 valence electrons. The molecule has 3 heterocycles. The summed E-state index contributed by atoms with van der Waals surface area (Å²) in [6.45, 7) is 2.64. The Bertz CT molecular complexity index is 1030. The normalized spacial score (nSPS) is 16.8. The van der Waals surface area contributed by atoms with Crippen LogP contribution in [-0.4, -0.2) is 46.1 Å². The van der Waals surface area contributed by atoms with Gasteiger partial charge in [-0.15, -0.1) is 0 Å². The number of aromatic nitrogens is 3. The minimum absolute atomic E-state index is 0.113. The molecule has 2 aromatic heterocycles. The third kappa shape index (κ3) is 3.62. The SMILES string of the molecule is COCCC1Cc2cnc(CS(=O)c3nc4ccc(OC)cc4[nH]3)c(C)c2O1. The molecule has 7 nitrogen and oxygen atoms in total. The number of pyridine rings is 1. The highest BCUT2D eigenvalue weighted by atomic mass is 32.2.